The number of carbonyl (C=O) groups is 2. The summed E-state index contributed by atoms with van der Waals surface area (Å²) >= 11 is 0. The predicted octanol–water partition coefficient (Wildman–Crippen LogP) is 2.68. The van der Waals surface area contributed by atoms with Crippen molar-refractivity contribution in [2.24, 2.45) is 0 Å². The predicted molar refractivity (Wildman–Crippen MR) is 99.2 cm³/mol. The van der Waals surface area contributed by atoms with Crippen LogP contribution in [-0.4, -0.2) is 52.0 Å². The molecule has 1 fully saturated rings. The van der Waals surface area contributed by atoms with E-state index in [0.717, 1.165) is 5.39 Å². The van der Waals surface area contributed by atoms with E-state index >= 15 is 0 Å². The highest BCUT2D eigenvalue weighted by molar-refractivity contribution is 6.00. The number of hydrogen-bond donors (Lipinski definition) is 0. The van der Waals surface area contributed by atoms with Crippen LogP contribution >= 0.6 is 0 Å². The van der Waals surface area contributed by atoms with Gasteiger partial charge in [0.2, 0.25) is 5.95 Å². The second kappa shape index (κ2) is 7.22. The molecule has 0 unspecified atom stereocenters. The lowest BCUT2D eigenvalue weighted by Crippen LogP contribution is -2.45. The number of methoxy groups -OCH3 is 1. The van der Waals surface area contributed by atoms with Crippen molar-refractivity contribution in [1.29, 1.82) is 0 Å². The van der Waals surface area contributed by atoms with E-state index in [1.807, 2.05) is 18.2 Å². The molecule has 0 aliphatic carbocycles. The van der Waals surface area contributed by atoms with Crippen LogP contribution in [0.15, 0.2) is 48.7 Å². The summed E-state index contributed by atoms with van der Waals surface area (Å²) < 4.78 is 19.3. The highest BCUT2D eigenvalue weighted by Crippen LogP contribution is 2.27. The average Bonchev–Trinajstić information content (AvgIpc) is 3.22. The molecule has 1 saturated heterocycles. The van der Waals surface area contributed by atoms with Gasteiger partial charge in [0.25, 0.3) is 11.8 Å². The van der Waals surface area contributed by atoms with E-state index in [0.29, 0.717) is 30.8 Å². The van der Waals surface area contributed by atoms with E-state index < -0.39 is 17.8 Å². The van der Waals surface area contributed by atoms with E-state index in [1.165, 1.54) is 35.5 Å². The molecule has 142 valence electrons. The SMILES string of the molecule is COc1cc(C(=O)N2CCCN2C(=O)c2cccnc2F)nc2ccccc12. The first-order valence-corrected chi connectivity index (χ1v) is 8.78. The number of hydrogen-bond acceptors (Lipinski definition) is 5. The van der Waals surface area contributed by atoms with Crippen LogP contribution in [0.4, 0.5) is 4.39 Å². The van der Waals surface area contributed by atoms with Crippen molar-refractivity contribution in [2.75, 3.05) is 20.2 Å². The Morgan fingerprint density at radius 2 is 1.82 bits per heavy atom. The molecule has 1 aliphatic rings. The summed E-state index contributed by atoms with van der Waals surface area (Å²) in [5, 5.41) is 3.32. The zero-order valence-electron chi connectivity index (χ0n) is 15.1. The summed E-state index contributed by atoms with van der Waals surface area (Å²) in [6.07, 6.45) is 1.86. The Morgan fingerprint density at radius 1 is 1.07 bits per heavy atom. The van der Waals surface area contributed by atoms with Crippen LogP contribution in [0.5, 0.6) is 5.75 Å². The van der Waals surface area contributed by atoms with E-state index in [2.05, 4.69) is 9.97 Å². The normalized spacial score (nSPS) is 13.8. The smallest absolute Gasteiger partial charge is 0.291 e. The number of rotatable bonds is 3. The molecule has 0 saturated carbocycles. The van der Waals surface area contributed by atoms with Gasteiger partial charge in [-0.3, -0.25) is 9.59 Å². The van der Waals surface area contributed by atoms with Crippen LogP contribution in [0.25, 0.3) is 10.9 Å². The number of pyridine rings is 2. The molecule has 0 atom stereocenters. The van der Waals surface area contributed by atoms with Crippen molar-refractivity contribution in [1.82, 2.24) is 20.0 Å². The minimum Gasteiger partial charge on any atom is -0.496 e. The number of aromatic nitrogens is 2. The third-order valence-corrected chi connectivity index (χ3v) is 4.61. The molecule has 3 heterocycles. The number of para-hydroxylation sites is 1. The van der Waals surface area contributed by atoms with Crippen molar-refractivity contribution in [3.8, 4) is 5.75 Å². The fourth-order valence-electron chi connectivity index (χ4n) is 3.27. The third-order valence-electron chi connectivity index (χ3n) is 4.61. The fraction of sp³-hybridized carbons (Fsp3) is 0.200. The first-order valence-electron chi connectivity index (χ1n) is 8.78. The van der Waals surface area contributed by atoms with Crippen molar-refractivity contribution in [3.05, 3.63) is 65.9 Å². The molecule has 0 spiro atoms. The zero-order valence-corrected chi connectivity index (χ0v) is 15.1. The van der Waals surface area contributed by atoms with Crippen LogP contribution in [-0.2, 0) is 0 Å². The maximum Gasteiger partial charge on any atom is 0.291 e. The lowest BCUT2D eigenvalue weighted by atomic mass is 10.1. The number of nitrogens with zero attached hydrogens (tertiary/aromatic N) is 4. The van der Waals surface area contributed by atoms with E-state index in [4.69, 9.17) is 4.74 Å². The highest BCUT2D eigenvalue weighted by atomic mass is 19.1. The molecule has 0 bridgehead atoms. The van der Waals surface area contributed by atoms with Gasteiger partial charge in [-0.05, 0) is 30.7 Å². The third kappa shape index (κ3) is 3.02. The Hall–Kier alpha value is -3.55. The van der Waals surface area contributed by atoms with Gasteiger partial charge in [0.05, 0.1) is 18.2 Å². The van der Waals surface area contributed by atoms with Crippen LogP contribution in [0.2, 0.25) is 0 Å². The molecule has 2 amide bonds. The Kier molecular flexibility index (Phi) is 4.60. The highest BCUT2D eigenvalue weighted by Gasteiger charge is 2.34. The number of fused-ring (bicyclic) bond motifs is 1. The number of amides is 2. The quantitative estimate of drug-likeness (QED) is 0.653. The van der Waals surface area contributed by atoms with Crippen molar-refractivity contribution in [2.45, 2.75) is 6.42 Å². The second-order valence-corrected chi connectivity index (χ2v) is 6.28. The minimum absolute atomic E-state index is 0.155. The molecule has 2 aromatic heterocycles. The second-order valence-electron chi connectivity index (χ2n) is 6.28. The van der Waals surface area contributed by atoms with Gasteiger partial charge in [-0.1, -0.05) is 12.1 Å². The Morgan fingerprint density at radius 3 is 2.57 bits per heavy atom. The Bertz CT molecular complexity index is 1070. The largest absolute Gasteiger partial charge is 0.496 e. The molecule has 7 nitrogen and oxygen atoms in total. The lowest BCUT2D eigenvalue weighted by Gasteiger charge is -2.27. The standard InChI is InChI=1S/C20H17FN4O3/c1-28-17-12-16(23-15-8-3-2-6-13(15)17)20(27)25-11-5-10-24(25)19(26)14-7-4-9-22-18(14)21/h2-4,6-9,12H,5,10-11H2,1H3. The van der Waals surface area contributed by atoms with Crippen molar-refractivity contribution < 1.29 is 18.7 Å². The van der Waals surface area contributed by atoms with Gasteiger partial charge >= 0.3 is 0 Å². The summed E-state index contributed by atoms with van der Waals surface area (Å²) in [4.78, 5) is 33.8. The van der Waals surface area contributed by atoms with Crippen LogP contribution in [0.1, 0.15) is 27.3 Å². The maximum atomic E-state index is 13.9. The molecule has 3 aromatic rings. The molecule has 28 heavy (non-hydrogen) atoms. The number of ether oxygens (including phenoxy) is 1. The van der Waals surface area contributed by atoms with Gasteiger partial charge < -0.3 is 4.74 Å². The number of hydrazine groups is 1. The topological polar surface area (TPSA) is 75.6 Å². The van der Waals surface area contributed by atoms with E-state index in [-0.39, 0.29) is 11.3 Å². The molecular weight excluding hydrogens is 363 g/mol. The van der Waals surface area contributed by atoms with Crippen molar-refractivity contribution >= 4 is 22.7 Å². The first-order chi connectivity index (χ1) is 13.6. The van der Waals surface area contributed by atoms with E-state index in [9.17, 15) is 14.0 Å². The van der Waals surface area contributed by atoms with Gasteiger partial charge in [0, 0.05) is 30.7 Å². The summed E-state index contributed by atoms with van der Waals surface area (Å²) in [5.74, 6) is -1.40. The summed E-state index contributed by atoms with van der Waals surface area (Å²) in [7, 11) is 1.52. The van der Waals surface area contributed by atoms with Crippen LogP contribution < -0.4 is 4.74 Å². The zero-order chi connectivity index (χ0) is 19.7. The van der Waals surface area contributed by atoms with Gasteiger partial charge in [-0.2, -0.15) is 4.39 Å². The number of carbonyl (C=O) groups excluding carboxylic acids is 2. The van der Waals surface area contributed by atoms with Gasteiger partial charge in [-0.25, -0.2) is 20.0 Å². The fourth-order valence-corrected chi connectivity index (χ4v) is 3.27. The van der Waals surface area contributed by atoms with Gasteiger partial charge in [0.1, 0.15) is 11.4 Å². The summed E-state index contributed by atoms with van der Waals surface area (Å²) in [6.45, 7) is 0.646. The monoisotopic (exact) mass is 380 g/mol. The molecule has 0 radical (unpaired) electrons. The average molecular weight is 380 g/mol. The molecule has 1 aliphatic heterocycles. The first kappa shape index (κ1) is 17.8. The van der Waals surface area contributed by atoms with Crippen LogP contribution in [0.3, 0.4) is 0 Å². The molecular formula is C20H17FN4O3. The van der Waals surface area contributed by atoms with Crippen LogP contribution in [0, 0.1) is 5.95 Å². The number of benzene rings is 1. The molecule has 8 heteroatoms. The van der Waals surface area contributed by atoms with Gasteiger partial charge in [-0.15, -0.1) is 0 Å². The molecule has 1 aromatic carbocycles. The number of halogens is 1. The molecule has 0 N–H and O–H groups in total. The lowest BCUT2D eigenvalue weighted by molar-refractivity contribution is 0.0179. The van der Waals surface area contributed by atoms with Gasteiger partial charge in [0.15, 0.2) is 0 Å². The Balaban J connectivity index is 1.68. The van der Waals surface area contributed by atoms with Crippen molar-refractivity contribution in [3.63, 3.8) is 0 Å². The maximum absolute atomic E-state index is 13.9. The summed E-state index contributed by atoms with van der Waals surface area (Å²) in [5.41, 5.74) is 0.591. The Labute approximate surface area is 160 Å². The minimum atomic E-state index is -0.864. The van der Waals surface area contributed by atoms with E-state index in [1.54, 1.807) is 12.1 Å². The molecule has 4 rings (SSSR count). The summed E-state index contributed by atoms with van der Waals surface area (Å²) in [6, 6.07) is 11.7.